The lowest BCUT2D eigenvalue weighted by Crippen LogP contribution is -2.47. The zero-order valence-electron chi connectivity index (χ0n) is 16.4. The molecule has 0 saturated carbocycles. The maximum Gasteiger partial charge on any atom is 0.326 e. The van der Waals surface area contributed by atoms with Crippen LogP contribution in [-0.2, 0) is 9.59 Å². The predicted molar refractivity (Wildman–Crippen MR) is 109 cm³/mol. The molecule has 2 rings (SSSR count). The molecule has 1 atom stereocenters. The van der Waals surface area contributed by atoms with Crippen molar-refractivity contribution in [2.75, 3.05) is 0 Å². The van der Waals surface area contributed by atoms with Gasteiger partial charge in [-0.05, 0) is 29.7 Å². The second kappa shape index (κ2) is 9.97. The molecule has 30 heavy (non-hydrogen) atoms. The van der Waals surface area contributed by atoms with Gasteiger partial charge in [0, 0.05) is 17.7 Å². The van der Waals surface area contributed by atoms with Gasteiger partial charge in [0.2, 0.25) is 0 Å². The van der Waals surface area contributed by atoms with Crippen LogP contribution in [0.2, 0.25) is 0 Å². The highest BCUT2D eigenvalue weighted by Crippen LogP contribution is 2.16. The van der Waals surface area contributed by atoms with E-state index in [9.17, 15) is 29.6 Å². The summed E-state index contributed by atoms with van der Waals surface area (Å²) in [7, 11) is 0. The van der Waals surface area contributed by atoms with Gasteiger partial charge in [-0.2, -0.15) is 0 Å². The van der Waals surface area contributed by atoms with E-state index >= 15 is 0 Å². The lowest BCUT2D eigenvalue weighted by atomic mass is 10.0. The first-order valence-electron chi connectivity index (χ1n) is 9.05. The molecular formula is C21H21N3O6. The Bertz CT molecular complexity index is 985. The molecule has 0 aromatic heterocycles. The van der Waals surface area contributed by atoms with Crippen molar-refractivity contribution in [3.05, 3.63) is 81.5 Å². The molecule has 0 aliphatic heterocycles. The van der Waals surface area contributed by atoms with Crippen molar-refractivity contribution in [3.8, 4) is 0 Å². The Kier molecular flexibility index (Phi) is 7.40. The van der Waals surface area contributed by atoms with Crippen molar-refractivity contribution in [2.24, 2.45) is 5.92 Å². The highest BCUT2D eigenvalue weighted by molar-refractivity contribution is 6.06. The van der Waals surface area contributed by atoms with E-state index in [0.717, 1.165) is 0 Å². The molecule has 0 radical (unpaired) electrons. The van der Waals surface area contributed by atoms with Crippen molar-refractivity contribution in [1.29, 1.82) is 0 Å². The fourth-order valence-corrected chi connectivity index (χ4v) is 2.57. The van der Waals surface area contributed by atoms with Gasteiger partial charge in [0.1, 0.15) is 11.7 Å². The summed E-state index contributed by atoms with van der Waals surface area (Å²) < 4.78 is 0. The number of carboxylic acid groups (broad SMARTS) is 1. The highest BCUT2D eigenvalue weighted by Gasteiger charge is 2.25. The average molecular weight is 411 g/mol. The van der Waals surface area contributed by atoms with Crippen molar-refractivity contribution in [1.82, 2.24) is 10.6 Å². The van der Waals surface area contributed by atoms with Crippen LogP contribution in [0.1, 0.15) is 29.8 Å². The second-order valence-electron chi connectivity index (χ2n) is 6.76. The van der Waals surface area contributed by atoms with Gasteiger partial charge >= 0.3 is 5.97 Å². The third-order valence-electron chi connectivity index (χ3n) is 4.14. The number of rotatable bonds is 8. The van der Waals surface area contributed by atoms with Gasteiger partial charge < -0.3 is 15.7 Å². The number of aliphatic carboxylic acids is 1. The number of non-ortho nitro benzene ring substituents is 1. The minimum Gasteiger partial charge on any atom is -0.480 e. The van der Waals surface area contributed by atoms with Crippen molar-refractivity contribution in [3.63, 3.8) is 0 Å². The summed E-state index contributed by atoms with van der Waals surface area (Å²) in [5, 5.41) is 25.2. The van der Waals surface area contributed by atoms with E-state index in [1.54, 1.807) is 44.2 Å². The van der Waals surface area contributed by atoms with E-state index in [-0.39, 0.29) is 16.9 Å². The summed E-state index contributed by atoms with van der Waals surface area (Å²) in [6.45, 7) is 3.26. The smallest absolute Gasteiger partial charge is 0.326 e. The Morgan fingerprint density at radius 1 is 1.07 bits per heavy atom. The first-order valence-corrected chi connectivity index (χ1v) is 9.05. The maximum atomic E-state index is 12.8. The number of nitro groups is 1. The van der Waals surface area contributed by atoms with Crippen molar-refractivity contribution < 1.29 is 24.4 Å². The van der Waals surface area contributed by atoms with Gasteiger partial charge in [-0.25, -0.2) is 4.79 Å². The summed E-state index contributed by atoms with van der Waals surface area (Å²) in [4.78, 5) is 47.1. The van der Waals surface area contributed by atoms with Crippen LogP contribution in [-0.4, -0.2) is 33.9 Å². The maximum absolute atomic E-state index is 12.8. The number of amides is 2. The highest BCUT2D eigenvalue weighted by atomic mass is 16.6. The molecule has 156 valence electrons. The van der Waals surface area contributed by atoms with Gasteiger partial charge in [0.15, 0.2) is 0 Å². The number of carboxylic acids is 1. The van der Waals surface area contributed by atoms with Crippen LogP contribution < -0.4 is 10.6 Å². The Morgan fingerprint density at radius 2 is 1.73 bits per heavy atom. The molecule has 0 bridgehead atoms. The van der Waals surface area contributed by atoms with E-state index in [2.05, 4.69) is 10.6 Å². The lowest BCUT2D eigenvalue weighted by Gasteiger charge is -2.19. The van der Waals surface area contributed by atoms with Gasteiger partial charge in [-0.1, -0.05) is 44.2 Å². The summed E-state index contributed by atoms with van der Waals surface area (Å²) in [6.07, 6.45) is 1.25. The normalized spacial score (nSPS) is 12.2. The zero-order valence-corrected chi connectivity index (χ0v) is 16.4. The number of nitro benzene ring substituents is 1. The number of carbonyl (C=O) groups excluding carboxylic acids is 2. The molecule has 2 amide bonds. The Labute approximate surface area is 172 Å². The van der Waals surface area contributed by atoms with Crippen molar-refractivity contribution >= 4 is 29.5 Å². The number of hydrogen-bond acceptors (Lipinski definition) is 5. The molecule has 2 aromatic rings. The molecule has 0 aliphatic rings. The monoisotopic (exact) mass is 411 g/mol. The van der Waals surface area contributed by atoms with Gasteiger partial charge in [0.05, 0.1) is 4.92 Å². The summed E-state index contributed by atoms with van der Waals surface area (Å²) in [5.41, 5.74) is 0.146. The molecule has 0 heterocycles. The summed E-state index contributed by atoms with van der Waals surface area (Å²) in [5.74, 6) is -3.04. The number of hydrogen-bond donors (Lipinski definition) is 3. The molecule has 0 saturated heterocycles. The Morgan fingerprint density at radius 3 is 2.30 bits per heavy atom. The zero-order chi connectivity index (χ0) is 22.3. The first-order chi connectivity index (χ1) is 14.2. The Hall–Kier alpha value is -4.01. The fourth-order valence-electron chi connectivity index (χ4n) is 2.57. The van der Waals surface area contributed by atoms with Crippen LogP contribution in [0.3, 0.4) is 0 Å². The standard InChI is InChI=1S/C21H21N3O6/c1-13(2)18(21(27)28)23-20(26)17(22-19(25)15-8-4-3-5-9-15)12-14-7-6-10-16(11-14)24(29)30/h3-13,18H,1-2H3,(H,22,25)(H,23,26)(H,27,28)/b17-12+. The molecule has 2 aromatic carbocycles. The number of benzene rings is 2. The van der Waals surface area contributed by atoms with Crippen LogP contribution in [0, 0.1) is 16.0 Å². The summed E-state index contributed by atoms with van der Waals surface area (Å²) >= 11 is 0. The van der Waals surface area contributed by atoms with Gasteiger partial charge in [0.25, 0.3) is 17.5 Å². The van der Waals surface area contributed by atoms with E-state index in [1.807, 2.05) is 0 Å². The number of nitrogens with zero attached hydrogens (tertiary/aromatic N) is 1. The molecule has 9 nitrogen and oxygen atoms in total. The fraction of sp³-hybridized carbons (Fsp3) is 0.190. The molecule has 9 heteroatoms. The van der Waals surface area contributed by atoms with Gasteiger partial charge in [-0.3, -0.25) is 19.7 Å². The molecule has 0 aliphatic carbocycles. The topological polar surface area (TPSA) is 139 Å². The molecule has 3 N–H and O–H groups in total. The first kappa shape index (κ1) is 22.3. The predicted octanol–water partition coefficient (Wildman–Crippen LogP) is 2.59. The Balaban J connectivity index is 2.40. The van der Waals surface area contributed by atoms with E-state index < -0.39 is 34.7 Å². The minimum atomic E-state index is -1.22. The van der Waals surface area contributed by atoms with Crippen molar-refractivity contribution in [2.45, 2.75) is 19.9 Å². The lowest BCUT2D eigenvalue weighted by molar-refractivity contribution is -0.384. The summed E-state index contributed by atoms with van der Waals surface area (Å²) in [6, 6.07) is 12.4. The third kappa shape index (κ3) is 5.99. The minimum absolute atomic E-state index is 0.191. The van der Waals surface area contributed by atoms with E-state index in [0.29, 0.717) is 5.56 Å². The second-order valence-corrected chi connectivity index (χ2v) is 6.76. The number of carbonyl (C=O) groups is 3. The molecule has 1 unspecified atom stereocenters. The van der Waals surface area contributed by atoms with Crippen LogP contribution in [0.25, 0.3) is 6.08 Å². The quantitative estimate of drug-likeness (QED) is 0.347. The third-order valence-corrected chi connectivity index (χ3v) is 4.14. The largest absolute Gasteiger partial charge is 0.480 e. The van der Waals surface area contributed by atoms with Crippen LogP contribution >= 0.6 is 0 Å². The van der Waals surface area contributed by atoms with Crippen LogP contribution in [0.5, 0.6) is 0 Å². The van der Waals surface area contributed by atoms with E-state index in [1.165, 1.54) is 30.3 Å². The van der Waals surface area contributed by atoms with E-state index in [4.69, 9.17) is 0 Å². The van der Waals surface area contributed by atoms with Crippen LogP contribution in [0.4, 0.5) is 5.69 Å². The number of nitrogens with one attached hydrogen (secondary N) is 2. The SMILES string of the molecule is CC(C)C(NC(=O)/C(=C\c1cccc([N+](=O)[O-])c1)NC(=O)c1ccccc1)C(=O)O. The van der Waals surface area contributed by atoms with Crippen LogP contribution in [0.15, 0.2) is 60.3 Å². The van der Waals surface area contributed by atoms with Gasteiger partial charge in [-0.15, -0.1) is 0 Å². The average Bonchev–Trinajstić information content (AvgIpc) is 2.71. The molecule has 0 spiro atoms. The molecule has 0 fully saturated rings. The molecular weight excluding hydrogens is 390 g/mol.